The Labute approximate surface area is 186 Å². The summed E-state index contributed by atoms with van der Waals surface area (Å²) >= 11 is 0. The zero-order valence-corrected chi connectivity index (χ0v) is 18.6. The predicted molar refractivity (Wildman–Crippen MR) is 122 cm³/mol. The molecule has 32 heavy (non-hydrogen) atoms. The third-order valence-electron chi connectivity index (χ3n) is 5.98. The number of H-pyrrole nitrogens is 1. The van der Waals surface area contributed by atoms with E-state index in [1.165, 1.54) is 23.1 Å². The molecule has 1 saturated heterocycles. The number of nitrogens with zero attached hydrogens (tertiary/aromatic N) is 2. The van der Waals surface area contributed by atoms with Gasteiger partial charge in [-0.2, -0.15) is 0 Å². The molecule has 1 aromatic heterocycles. The Balaban J connectivity index is 1.96. The van der Waals surface area contributed by atoms with Gasteiger partial charge in [-0.3, -0.25) is 9.59 Å². The van der Waals surface area contributed by atoms with E-state index in [0.29, 0.717) is 24.2 Å². The summed E-state index contributed by atoms with van der Waals surface area (Å²) in [4.78, 5) is 33.0. The van der Waals surface area contributed by atoms with Crippen molar-refractivity contribution in [2.24, 2.45) is 0 Å². The SMILES string of the molecule is Cc1cc(/C(O)=C2\C(=O)C(=O)N(CCN(C)C)C2c2c(C)[nH]c3ccccc23)ccc1F. The molecule has 2 heterocycles. The van der Waals surface area contributed by atoms with E-state index in [1.54, 1.807) is 6.92 Å². The van der Waals surface area contributed by atoms with Crippen molar-refractivity contribution >= 4 is 28.4 Å². The van der Waals surface area contributed by atoms with Gasteiger partial charge in [0.2, 0.25) is 0 Å². The van der Waals surface area contributed by atoms with Crippen LogP contribution in [0.3, 0.4) is 0 Å². The Hall–Kier alpha value is -3.45. The molecule has 4 rings (SSSR count). The number of carbonyl (C=O) groups excluding carboxylic acids is 2. The topological polar surface area (TPSA) is 76.6 Å². The molecule has 166 valence electrons. The van der Waals surface area contributed by atoms with Gasteiger partial charge in [-0.15, -0.1) is 0 Å². The second kappa shape index (κ2) is 8.24. The number of nitrogens with one attached hydrogen (secondary N) is 1. The number of aryl methyl sites for hydroxylation is 2. The van der Waals surface area contributed by atoms with Crippen LogP contribution in [0.25, 0.3) is 16.7 Å². The minimum absolute atomic E-state index is 0.0209. The number of aliphatic hydroxyl groups excluding tert-OH is 1. The third-order valence-corrected chi connectivity index (χ3v) is 5.98. The maximum absolute atomic E-state index is 13.8. The quantitative estimate of drug-likeness (QED) is 0.362. The highest BCUT2D eigenvalue weighted by molar-refractivity contribution is 6.46. The Bertz CT molecular complexity index is 1260. The number of amides is 1. The van der Waals surface area contributed by atoms with Crippen molar-refractivity contribution in [3.63, 3.8) is 0 Å². The van der Waals surface area contributed by atoms with E-state index in [1.807, 2.05) is 50.2 Å². The first kappa shape index (κ1) is 21.8. The molecule has 1 unspecified atom stereocenters. The van der Waals surface area contributed by atoms with Crippen LogP contribution in [-0.4, -0.2) is 58.8 Å². The number of carbonyl (C=O) groups is 2. The highest BCUT2D eigenvalue weighted by Crippen LogP contribution is 2.43. The molecule has 1 fully saturated rings. The molecule has 0 aliphatic carbocycles. The Kier molecular flexibility index (Phi) is 5.60. The van der Waals surface area contributed by atoms with Gasteiger partial charge in [0.15, 0.2) is 0 Å². The molecule has 0 spiro atoms. The van der Waals surface area contributed by atoms with E-state index in [-0.39, 0.29) is 11.3 Å². The number of benzene rings is 2. The molecule has 6 nitrogen and oxygen atoms in total. The second-order valence-corrected chi connectivity index (χ2v) is 8.47. The largest absolute Gasteiger partial charge is 0.507 e. The molecular weight excluding hydrogens is 409 g/mol. The summed E-state index contributed by atoms with van der Waals surface area (Å²) in [7, 11) is 3.79. The van der Waals surface area contributed by atoms with Crippen molar-refractivity contribution in [2.45, 2.75) is 19.9 Å². The minimum atomic E-state index is -0.753. The summed E-state index contributed by atoms with van der Waals surface area (Å²) in [5, 5.41) is 12.1. The Morgan fingerprint density at radius 1 is 1.16 bits per heavy atom. The number of likely N-dealkylation sites (N-methyl/N-ethyl adjacent to an activating group) is 1. The van der Waals surface area contributed by atoms with E-state index >= 15 is 0 Å². The van der Waals surface area contributed by atoms with E-state index in [9.17, 15) is 19.1 Å². The fraction of sp³-hybridized carbons (Fsp3) is 0.280. The van der Waals surface area contributed by atoms with Gasteiger partial charge in [0.1, 0.15) is 11.6 Å². The number of hydrogen-bond acceptors (Lipinski definition) is 4. The molecule has 1 aliphatic rings. The van der Waals surface area contributed by atoms with E-state index in [0.717, 1.165) is 22.2 Å². The Morgan fingerprint density at radius 3 is 2.56 bits per heavy atom. The molecule has 1 atom stereocenters. The maximum atomic E-state index is 13.8. The summed E-state index contributed by atoms with van der Waals surface area (Å²) in [5.41, 5.74) is 3.14. The van der Waals surface area contributed by atoms with Gasteiger partial charge >= 0.3 is 0 Å². The van der Waals surface area contributed by atoms with Crippen molar-refractivity contribution in [3.8, 4) is 0 Å². The van der Waals surface area contributed by atoms with Crippen LogP contribution in [0.4, 0.5) is 4.39 Å². The van der Waals surface area contributed by atoms with Gasteiger partial charge < -0.3 is 19.9 Å². The van der Waals surface area contributed by atoms with Gasteiger partial charge in [-0.1, -0.05) is 18.2 Å². The average molecular weight is 435 g/mol. The fourth-order valence-corrected chi connectivity index (χ4v) is 4.32. The van der Waals surface area contributed by atoms with Gasteiger partial charge in [-0.05, 0) is 57.8 Å². The zero-order valence-electron chi connectivity index (χ0n) is 18.6. The molecule has 3 aromatic rings. The van der Waals surface area contributed by atoms with Crippen LogP contribution in [0.15, 0.2) is 48.0 Å². The maximum Gasteiger partial charge on any atom is 0.295 e. The van der Waals surface area contributed by atoms with Crippen molar-refractivity contribution in [2.75, 3.05) is 27.2 Å². The van der Waals surface area contributed by atoms with Crippen LogP contribution in [-0.2, 0) is 9.59 Å². The smallest absolute Gasteiger partial charge is 0.295 e. The number of aliphatic hydroxyl groups is 1. The number of hydrogen-bond donors (Lipinski definition) is 2. The van der Waals surface area contributed by atoms with Crippen molar-refractivity contribution in [1.29, 1.82) is 0 Å². The summed E-state index contributed by atoms with van der Waals surface area (Å²) in [6.45, 7) is 4.35. The van der Waals surface area contributed by atoms with Gasteiger partial charge in [0.25, 0.3) is 11.7 Å². The second-order valence-electron chi connectivity index (χ2n) is 8.47. The number of rotatable bonds is 5. The van der Waals surface area contributed by atoms with E-state index in [2.05, 4.69) is 4.98 Å². The molecular formula is C25H26FN3O3. The molecule has 0 saturated carbocycles. The normalized spacial score (nSPS) is 18.3. The van der Waals surface area contributed by atoms with Crippen LogP contribution in [0.5, 0.6) is 0 Å². The van der Waals surface area contributed by atoms with Crippen molar-refractivity contribution < 1.29 is 19.1 Å². The van der Waals surface area contributed by atoms with Gasteiger partial charge in [0.05, 0.1) is 11.6 Å². The summed E-state index contributed by atoms with van der Waals surface area (Å²) in [6.07, 6.45) is 0. The minimum Gasteiger partial charge on any atom is -0.507 e. The number of ketones is 1. The molecule has 7 heteroatoms. The van der Waals surface area contributed by atoms with Gasteiger partial charge in [0, 0.05) is 40.8 Å². The molecule has 1 amide bonds. The lowest BCUT2D eigenvalue weighted by Gasteiger charge is -2.27. The zero-order chi connectivity index (χ0) is 23.2. The van der Waals surface area contributed by atoms with Crippen LogP contribution in [0, 0.1) is 19.7 Å². The standard InChI is InChI=1S/C25H26FN3O3/c1-14-13-16(9-10-18(14)26)23(30)21-22(29(12-11-28(3)4)25(32)24(21)31)20-15(2)27-19-8-6-5-7-17(19)20/h5-10,13,22,27,30H,11-12H2,1-4H3/b23-21+. The first-order valence-electron chi connectivity index (χ1n) is 10.5. The number of Topliss-reactive ketones (excluding diaryl/α,β-unsaturated/α-hetero) is 1. The number of aromatic nitrogens is 1. The first-order chi connectivity index (χ1) is 15.2. The summed E-state index contributed by atoms with van der Waals surface area (Å²) in [5.74, 6) is -2.09. The highest BCUT2D eigenvalue weighted by atomic mass is 19.1. The molecule has 1 aliphatic heterocycles. The number of fused-ring (bicyclic) bond motifs is 1. The monoisotopic (exact) mass is 435 g/mol. The number of aromatic amines is 1. The molecule has 0 radical (unpaired) electrons. The lowest BCUT2D eigenvalue weighted by molar-refractivity contribution is -0.140. The molecule has 2 aromatic carbocycles. The van der Waals surface area contributed by atoms with E-state index in [4.69, 9.17) is 0 Å². The van der Waals surface area contributed by atoms with Gasteiger partial charge in [-0.25, -0.2) is 4.39 Å². The van der Waals surface area contributed by atoms with Crippen molar-refractivity contribution in [1.82, 2.24) is 14.8 Å². The number of likely N-dealkylation sites (tertiary alicyclic amines) is 1. The Morgan fingerprint density at radius 2 is 1.88 bits per heavy atom. The fourth-order valence-electron chi connectivity index (χ4n) is 4.32. The molecule has 2 N–H and O–H groups in total. The van der Waals surface area contributed by atoms with Crippen LogP contribution in [0.2, 0.25) is 0 Å². The first-order valence-corrected chi connectivity index (χ1v) is 10.5. The molecule has 0 bridgehead atoms. The average Bonchev–Trinajstić information content (AvgIpc) is 3.20. The lowest BCUT2D eigenvalue weighted by atomic mass is 9.93. The third kappa shape index (κ3) is 3.58. The van der Waals surface area contributed by atoms with Crippen molar-refractivity contribution in [3.05, 3.63) is 76.2 Å². The number of halogens is 1. The van der Waals surface area contributed by atoms with Crippen LogP contribution in [0.1, 0.15) is 28.4 Å². The predicted octanol–water partition coefficient (Wildman–Crippen LogP) is 3.91. The number of para-hydroxylation sites is 1. The van der Waals surface area contributed by atoms with Crippen LogP contribution < -0.4 is 0 Å². The summed E-state index contributed by atoms with van der Waals surface area (Å²) in [6, 6.07) is 11.1. The highest BCUT2D eigenvalue weighted by Gasteiger charge is 2.47. The summed E-state index contributed by atoms with van der Waals surface area (Å²) < 4.78 is 13.8. The lowest BCUT2D eigenvalue weighted by Crippen LogP contribution is -2.35. The van der Waals surface area contributed by atoms with Crippen LogP contribution >= 0.6 is 0 Å². The van der Waals surface area contributed by atoms with E-state index < -0.39 is 23.5 Å².